The highest BCUT2D eigenvalue weighted by Crippen LogP contribution is 2.10. The highest BCUT2D eigenvalue weighted by Gasteiger charge is 2.00. The summed E-state index contributed by atoms with van der Waals surface area (Å²) in [4.78, 5) is 0. The van der Waals surface area contributed by atoms with E-state index < -0.39 is 6.29 Å². The first-order valence-corrected chi connectivity index (χ1v) is 6.05. The Morgan fingerprint density at radius 3 is 1.80 bits per heavy atom. The summed E-state index contributed by atoms with van der Waals surface area (Å²) in [5.74, 6) is 0. The van der Waals surface area contributed by atoms with E-state index in [1.807, 2.05) is 6.92 Å². The van der Waals surface area contributed by atoms with Gasteiger partial charge in [-0.15, -0.1) is 0 Å². The lowest BCUT2D eigenvalue weighted by atomic mass is 10.1. The van der Waals surface area contributed by atoms with Crippen LogP contribution in [-0.4, -0.2) is 29.7 Å². The summed E-state index contributed by atoms with van der Waals surface area (Å²) in [5, 5.41) is 18.1. The normalized spacial score (nSPS) is 15.2. The van der Waals surface area contributed by atoms with Crippen molar-refractivity contribution >= 4 is 0 Å². The van der Waals surface area contributed by atoms with Gasteiger partial charge >= 0.3 is 0 Å². The molecule has 2 N–H and O–H groups in total. The molecule has 3 heteroatoms. The minimum atomic E-state index is -0.583. The molecule has 0 fully saturated rings. The second kappa shape index (κ2) is 10.4. The quantitative estimate of drug-likeness (QED) is 0.437. The van der Waals surface area contributed by atoms with Crippen LogP contribution in [0, 0.1) is 0 Å². The van der Waals surface area contributed by atoms with Crippen molar-refractivity contribution < 1.29 is 14.9 Å². The molecule has 92 valence electrons. The third-order valence-electron chi connectivity index (χ3n) is 2.60. The number of aliphatic hydroxyl groups is 2. The van der Waals surface area contributed by atoms with Gasteiger partial charge in [-0.25, -0.2) is 0 Å². The molecule has 2 atom stereocenters. The van der Waals surface area contributed by atoms with E-state index in [2.05, 4.69) is 0 Å². The van der Waals surface area contributed by atoms with E-state index in [4.69, 9.17) is 14.9 Å². The molecule has 0 bridgehead atoms. The predicted octanol–water partition coefficient (Wildman–Crippen LogP) is 2.45. The molecule has 0 aliphatic carbocycles. The van der Waals surface area contributed by atoms with Crippen LogP contribution in [0.25, 0.3) is 0 Å². The first-order valence-electron chi connectivity index (χ1n) is 6.05. The summed E-state index contributed by atoms with van der Waals surface area (Å²) in [6.07, 6.45) is 7.90. The number of aliphatic hydroxyl groups excluding tert-OH is 2. The number of ether oxygens (including phenoxy) is 1. The second-order valence-electron chi connectivity index (χ2n) is 4.24. The van der Waals surface area contributed by atoms with Crippen molar-refractivity contribution in [3.05, 3.63) is 0 Å². The number of hydrogen-bond acceptors (Lipinski definition) is 3. The highest BCUT2D eigenvalue weighted by atomic mass is 16.6. The van der Waals surface area contributed by atoms with Crippen molar-refractivity contribution in [3.63, 3.8) is 0 Å². The molecular formula is C12H26O3. The lowest BCUT2D eigenvalue weighted by Crippen LogP contribution is -2.07. The van der Waals surface area contributed by atoms with Gasteiger partial charge in [0.1, 0.15) is 0 Å². The van der Waals surface area contributed by atoms with Crippen LogP contribution in [0.5, 0.6) is 0 Å². The largest absolute Gasteiger partial charge is 0.393 e. The average Bonchev–Trinajstić information content (AvgIpc) is 2.21. The standard InChI is InChI=1S/C12H26O3/c1-11(13)9-7-5-3-4-6-8-10-12(14)15-2/h11-14H,3-10H2,1-2H3. The number of unbranched alkanes of at least 4 members (excludes halogenated alkanes) is 5. The summed E-state index contributed by atoms with van der Waals surface area (Å²) in [6.45, 7) is 1.84. The number of hydrogen-bond donors (Lipinski definition) is 2. The third-order valence-corrected chi connectivity index (χ3v) is 2.60. The summed E-state index contributed by atoms with van der Waals surface area (Å²) in [7, 11) is 1.53. The minimum Gasteiger partial charge on any atom is -0.393 e. The lowest BCUT2D eigenvalue weighted by molar-refractivity contribution is -0.0793. The van der Waals surface area contributed by atoms with Gasteiger partial charge in [0.15, 0.2) is 6.29 Å². The van der Waals surface area contributed by atoms with Gasteiger partial charge < -0.3 is 14.9 Å². The van der Waals surface area contributed by atoms with Crippen LogP contribution >= 0.6 is 0 Å². The highest BCUT2D eigenvalue weighted by molar-refractivity contribution is 4.50. The van der Waals surface area contributed by atoms with Crippen molar-refractivity contribution in [2.75, 3.05) is 7.11 Å². The fourth-order valence-corrected chi connectivity index (χ4v) is 1.58. The molecule has 0 aliphatic rings. The van der Waals surface area contributed by atoms with Gasteiger partial charge in [-0.1, -0.05) is 32.1 Å². The molecule has 0 amide bonds. The van der Waals surface area contributed by atoms with Crippen molar-refractivity contribution in [2.24, 2.45) is 0 Å². The van der Waals surface area contributed by atoms with E-state index in [0.717, 1.165) is 32.1 Å². The van der Waals surface area contributed by atoms with Gasteiger partial charge in [0.25, 0.3) is 0 Å². The van der Waals surface area contributed by atoms with Gasteiger partial charge in [0.05, 0.1) is 6.10 Å². The Morgan fingerprint density at radius 1 is 0.867 bits per heavy atom. The van der Waals surface area contributed by atoms with E-state index in [1.165, 1.54) is 26.4 Å². The third kappa shape index (κ3) is 11.8. The van der Waals surface area contributed by atoms with Crippen molar-refractivity contribution in [3.8, 4) is 0 Å². The molecule has 0 saturated carbocycles. The average molecular weight is 218 g/mol. The molecule has 0 aromatic carbocycles. The molecular weight excluding hydrogens is 192 g/mol. The summed E-state index contributed by atoms with van der Waals surface area (Å²) >= 11 is 0. The Balaban J connectivity index is 2.99. The molecule has 2 unspecified atom stereocenters. The molecule has 0 aliphatic heterocycles. The van der Waals surface area contributed by atoms with E-state index in [9.17, 15) is 0 Å². The Kier molecular flexibility index (Phi) is 10.3. The zero-order valence-electron chi connectivity index (χ0n) is 10.1. The molecule has 0 spiro atoms. The number of rotatable bonds is 10. The molecule has 0 aromatic rings. The van der Waals surface area contributed by atoms with Crippen LogP contribution in [0.1, 0.15) is 58.3 Å². The summed E-state index contributed by atoms with van der Waals surface area (Å²) in [5.41, 5.74) is 0. The molecule has 15 heavy (non-hydrogen) atoms. The van der Waals surface area contributed by atoms with Crippen molar-refractivity contribution in [1.29, 1.82) is 0 Å². The zero-order chi connectivity index (χ0) is 11.5. The fourth-order valence-electron chi connectivity index (χ4n) is 1.58. The maximum Gasteiger partial charge on any atom is 0.154 e. The first-order chi connectivity index (χ1) is 7.16. The van der Waals surface area contributed by atoms with E-state index in [0.29, 0.717) is 0 Å². The Bertz CT molecular complexity index is 126. The SMILES string of the molecule is COC(O)CCCCCCCCC(C)O. The smallest absolute Gasteiger partial charge is 0.154 e. The van der Waals surface area contributed by atoms with Gasteiger partial charge in [0, 0.05) is 7.11 Å². The maximum atomic E-state index is 9.11. The maximum absolute atomic E-state index is 9.11. The zero-order valence-corrected chi connectivity index (χ0v) is 10.1. The van der Waals surface area contributed by atoms with Gasteiger partial charge in [-0.2, -0.15) is 0 Å². The van der Waals surface area contributed by atoms with Crippen LogP contribution in [-0.2, 0) is 4.74 Å². The fraction of sp³-hybridized carbons (Fsp3) is 1.00. The number of methoxy groups -OCH3 is 1. The minimum absolute atomic E-state index is 0.151. The molecule has 0 heterocycles. The molecule has 0 radical (unpaired) electrons. The van der Waals surface area contributed by atoms with E-state index in [1.54, 1.807) is 0 Å². The lowest BCUT2D eigenvalue weighted by Gasteiger charge is -2.07. The van der Waals surface area contributed by atoms with Crippen LogP contribution < -0.4 is 0 Å². The van der Waals surface area contributed by atoms with Gasteiger partial charge in [0.2, 0.25) is 0 Å². The molecule has 0 aromatic heterocycles. The topological polar surface area (TPSA) is 49.7 Å². The van der Waals surface area contributed by atoms with Gasteiger partial charge in [-0.05, 0) is 26.2 Å². The Labute approximate surface area is 93.5 Å². The van der Waals surface area contributed by atoms with Crippen LogP contribution in [0.3, 0.4) is 0 Å². The van der Waals surface area contributed by atoms with Crippen LogP contribution in [0.4, 0.5) is 0 Å². The summed E-state index contributed by atoms with van der Waals surface area (Å²) < 4.78 is 4.75. The van der Waals surface area contributed by atoms with E-state index >= 15 is 0 Å². The van der Waals surface area contributed by atoms with E-state index in [-0.39, 0.29) is 6.10 Å². The molecule has 3 nitrogen and oxygen atoms in total. The predicted molar refractivity (Wildman–Crippen MR) is 61.6 cm³/mol. The van der Waals surface area contributed by atoms with Gasteiger partial charge in [-0.3, -0.25) is 0 Å². The second-order valence-corrected chi connectivity index (χ2v) is 4.24. The van der Waals surface area contributed by atoms with Crippen LogP contribution in [0.15, 0.2) is 0 Å². The first kappa shape index (κ1) is 14.9. The molecule has 0 rings (SSSR count). The Hall–Kier alpha value is -0.120. The van der Waals surface area contributed by atoms with Crippen molar-refractivity contribution in [1.82, 2.24) is 0 Å². The molecule has 0 saturated heterocycles. The monoisotopic (exact) mass is 218 g/mol. The van der Waals surface area contributed by atoms with Crippen LogP contribution in [0.2, 0.25) is 0 Å². The Morgan fingerprint density at radius 2 is 1.33 bits per heavy atom. The van der Waals surface area contributed by atoms with Crippen molar-refractivity contribution in [2.45, 2.75) is 70.7 Å². The summed E-state index contributed by atoms with van der Waals surface area (Å²) in [6, 6.07) is 0.